The Morgan fingerprint density at radius 2 is 2.16 bits per heavy atom. The fourth-order valence-corrected chi connectivity index (χ4v) is 3.36. The molecule has 1 unspecified atom stereocenters. The van der Waals surface area contributed by atoms with E-state index in [9.17, 15) is 4.79 Å². The Morgan fingerprint density at radius 1 is 1.37 bits per heavy atom. The van der Waals surface area contributed by atoms with Crippen molar-refractivity contribution in [2.45, 2.75) is 25.4 Å². The predicted octanol–water partition coefficient (Wildman–Crippen LogP) is 2.66. The number of carbonyl (C=O) groups is 1. The van der Waals surface area contributed by atoms with E-state index < -0.39 is 0 Å². The molecule has 1 aromatic rings. The molecule has 3 rings (SSSR count). The van der Waals surface area contributed by atoms with E-state index in [1.807, 2.05) is 12.1 Å². The van der Waals surface area contributed by atoms with Crippen LogP contribution in [0.2, 0.25) is 0 Å². The van der Waals surface area contributed by atoms with Gasteiger partial charge in [-0.05, 0) is 49.7 Å². The smallest absolute Gasteiger partial charge is 0.123 e. The largest absolute Gasteiger partial charge is 0.488 e. The number of likely N-dealkylation sites (tertiary alicyclic amines) is 1. The quantitative estimate of drug-likeness (QED) is 0.801. The van der Waals surface area contributed by atoms with Crippen LogP contribution in [0.4, 0.5) is 0 Å². The maximum Gasteiger partial charge on any atom is 0.123 e. The maximum absolute atomic E-state index is 10.7. The van der Waals surface area contributed by atoms with E-state index in [2.05, 4.69) is 26.9 Å². The Kier molecular flexibility index (Phi) is 3.89. The summed E-state index contributed by atoms with van der Waals surface area (Å²) in [6.45, 7) is 3.00. The molecule has 4 heteroatoms. The van der Waals surface area contributed by atoms with Gasteiger partial charge in [-0.1, -0.05) is 15.9 Å². The summed E-state index contributed by atoms with van der Waals surface area (Å²) in [6, 6.07) is 6.21. The van der Waals surface area contributed by atoms with Crippen LogP contribution in [0.3, 0.4) is 0 Å². The van der Waals surface area contributed by atoms with E-state index >= 15 is 0 Å². The number of hydrogen-bond acceptors (Lipinski definition) is 3. The SMILES string of the molecule is O=CC1CCN(CC2Cc3cc(Br)ccc3O2)CC1. The zero-order valence-corrected chi connectivity index (χ0v) is 12.4. The van der Waals surface area contributed by atoms with E-state index in [-0.39, 0.29) is 12.0 Å². The summed E-state index contributed by atoms with van der Waals surface area (Å²) < 4.78 is 7.10. The normalized spacial score (nSPS) is 23.9. The third-order valence-electron chi connectivity index (χ3n) is 4.05. The molecule has 0 aliphatic carbocycles. The molecule has 1 saturated heterocycles. The van der Waals surface area contributed by atoms with Crippen molar-refractivity contribution in [3.05, 3.63) is 28.2 Å². The fourth-order valence-electron chi connectivity index (χ4n) is 2.95. The summed E-state index contributed by atoms with van der Waals surface area (Å²) in [5, 5.41) is 0. The summed E-state index contributed by atoms with van der Waals surface area (Å²) in [6.07, 6.45) is 4.35. The van der Waals surface area contributed by atoms with E-state index in [0.717, 1.165) is 55.4 Å². The molecule has 2 heterocycles. The molecule has 0 radical (unpaired) electrons. The van der Waals surface area contributed by atoms with Crippen LogP contribution in [-0.4, -0.2) is 36.9 Å². The molecule has 0 N–H and O–H groups in total. The lowest BCUT2D eigenvalue weighted by atomic mass is 9.98. The van der Waals surface area contributed by atoms with Gasteiger partial charge in [0.2, 0.25) is 0 Å². The first kappa shape index (κ1) is 13.1. The van der Waals surface area contributed by atoms with Gasteiger partial charge in [-0.15, -0.1) is 0 Å². The predicted molar refractivity (Wildman–Crippen MR) is 77.5 cm³/mol. The minimum absolute atomic E-state index is 0.261. The minimum Gasteiger partial charge on any atom is -0.488 e. The monoisotopic (exact) mass is 323 g/mol. The van der Waals surface area contributed by atoms with Crippen molar-refractivity contribution in [1.82, 2.24) is 4.90 Å². The van der Waals surface area contributed by atoms with Crippen molar-refractivity contribution in [3.63, 3.8) is 0 Å². The average molecular weight is 324 g/mol. The highest BCUT2D eigenvalue weighted by atomic mass is 79.9. The van der Waals surface area contributed by atoms with Crippen LogP contribution in [0.5, 0.6) is 5.75 Å². The summed E-state index contributed by atoms with van der Waals surface area (Å²) in [5.74, 6) is 1.30. The van der Waals surface area contributed by atoms with Gasteiger partial charge in [0.25, 0.3) is 0 Å². The number of nitrogens with zero attached hydrogens (tertiary/aromatic N) is 1. The van der Waals surface area contributed by atoms with E-state index in [1.54, 1.807) is 0 Å². The molecule has 3 nitrogen and oxygen atoms in total. The second kappa shape index (κ2) is 5.63. The van der Waals surface area contributed by atoms with E-state index in [0.29, 0.717) is 0 Å². The zero-order chi connectivity index (χ0) is 13.2. The number of benzene rings is 1. The van der Waals surface area contributed by atoms with Crippen LogP contribution in [0.25, 0.3) is 0 Å². The number of fused-ring (bicyclic) bond motifs is 1. The van der Waals surface area contributed by atoms with Gasteiger partial charge in [-0.2, -0.15) is 0 Å². The lowest BCUT2D eigenvalue weighted by molar-refractivity contribution is -0.112. The lowest BCUT2D eigenvalue weighted by Crippen LogP contribution is -2.40. The van der Waals surface area contributed by atoms with Gasteiger partial charge in [-0.3, -0.25) is 4.90 Å². The summed E-state index contributed by atoms with van der Waals surface area (Å²) in [4.78, 5) is 13.2. The van der Waals surface area contributed by atoms with Gasteiger partial charge in [0.15, 0.2) is 0 Å². The Balaban J connectivity index is 1.55. The molecule has 1 aromatic carbocycles. The van der Waals surface area contributed by atoms with E-state index in [4.69, 9.17) is 4.74 Å². The van der Waals surface area contributed by atoms with Crippen molar-refractivity contribution in [3.8, 4) is 5.75 Å². The second-order valence-electron chi connectivity index (χ2n) is 5.47. The topological polar surface area (TPSA) is 29.5 Å². The fraction of sp³-hybridized carbons (Fsp3) is 0.533. The van der Waals surface area contributed by atoms with Crippen molar-refractivity contribution >= 4 is 22.2 Å². The van der Waals surface area contributed by atoms with Crippen molar-refractivity contribution < 1.29 is 9.53 Å². The Morgan fingerprint density at radius 3 is 2.89 bits per heavy atom. The first-order chi connectivity index (χ1) is 9.24. The van der Waals surface area contributed by atoms with Crippen molar-refractivity contribution in [2.24, 2.45) is 5.92 Å². The van der Waals surface area contributed by atoms with Gasteiger partial charge in [0.1, 0.15) is 18.1 Å². The first-order valence-electron chi connectivity index (χ1n) is 6.87. The van der Waals surface area contributed by atoms with Crippen LogP contribution in [0.1, 0.15) is 18.4 Å². The van der Waals surface area contributed by atoms with Crippen LogP contribution in [-0.2, 0) is 11.2 Å². The number of piperidine rings is 1. The Hall–Kier alpha value is -0.870. The van der Waals surface area contributed by atoms with Gasteiger partial charge in [0.05, 0.1) is 0 Å². The molecule has 102 valence electrons. The highest BCUT2D eigenvalue weighted by Gasteiger charge is 2.27. The standard InChI is InChI=1S/C15H18BrNO2/c16-13-1-2-15-12(7-13)8-14(19-15)9-17-5-3-11(10-18)4-6-17/h1-2,7,10-11,14H,3-6,8-9H2. The van der Waals surface area contributed by atoms with Crippen LogP contribution < -0.4 is 4.74 Å². The molecule has 2 aliphatic heterocycles. The molecule has 0 amide bonds. The van der Waals surface area contributed by atoms with E-state index in [1.165, 1.54) is 5.56 Å². The highest BCUT2D eigenvalue weighted by Crippen LogP contribution is 2.31. The molecule has 1 fully saturated rings. The molecule has 0 saturated carbocycles. The molecular formula is C15H18BrNO2. The number of halogens is 1. The molecular weight excluding hydrogens is 306 g/mol. The van der Waals surface area contributed by atoms with Crippen LogP contribution in [0, 0.1) is 5.92 Å². The molecule has 2 aliphatic rings. The molecule has 1 atom stereocenters. The van der Waals surface area contributed by atoms with Gasteiger partial charge in [0, 0.05) is 23.4 Å². The third-order valence-corrected chi connectivity index (χ3v) is 4.54. The van der Waals surface area contributed by atoms with Crippen molar-refractivity contribution in [2.75, 3.05) is 19.6 Å². The number of aldehydes is 1. The number of rotatable bonds is 3. The molecule has 0 aromatic heterocycles. The number of ether oxygens (including phenoxy) is 1. The molecule has 0 spiro atoms. The van der Waals surface area contributed by atoms with Gasteiger partial charge >= 0.3 is 0 Å². The first-order valence-corrected chi connectivity index (χ1v) is 7.66. The third kappa shape index (κ3) is 3.00. The zero-order valence-electron chi connectivity index (χ0n) is 10.8. The van der Waals surface area contributed by atoms with Crippen LogP contribution >= 0.6 is 15.9 Å². The summed E-state index contributed by atoms with van der Waals surface area (Å²) in [5.41, 5.74) is 1.29. The summed E-state index contributed by atoms with van der Waals surface area (Å²) >= 11 is 3.50. The van der Waals surface area contributed by atoms with Gasteiger partial charge < -0.3 is 9.53 Å². The highest BCUT2D eigenvalue weighted by molar-refractivity contribution is 9.10. The average Bonchev–Trinajstić information content (AvgIpc) is 2.81. The van der Waals surface area contributed by atoms with Crippen molar-refractivity contribution in [1.29, 1.82) is 0 Å². The Bertz CT molecular complexity index is 469. The number of hydrogen-bond donors (Lipinski definition) is 0. The minimum atomic E-state index is 0.261. The number of carbonyl (C=O) groups excluding carboxylic acids is 1. The maximum atomic E-state index is 10.7. The molecule has 0 bridgehead atoms. The van der Waals surface area contributed by atoms with Crippen LogP contribution in [0.15, 0.2) is 22.7 Å². The molecule has 19 heavy (non-hydrogen) atoms. The van der Waals surface area contributed by atoms with Gasteiger partial charge in [-0.25, -0.2) is 0 Å². The lowest BCUT2D eigenvalue weighted by Gasteiger charge is -2.31. The Labute approximate surface area is 122 Å². The summed E-state index contributed by atoms with van der Waals surface area (Å²) in [7, 11) is 0. The second-order valence-corrected chi connectivity index (χ2v) is 6.39.